The van der Waals surface area contributed by atoms with Crippen molar-refractivity contribution in [3.8, 4) is 0 Å². The summed E-state index contributed by atoms with van der Waals surface area (Å²) in [6.45, 7) is 9.51. The van der Waals surface area contributed by atoms with Crippen molar-refractivity contribution in [2.24, 2.45) is 5.73 Å². The molecule has 0 aliphatic rings. The van der Waals surface area contributed by atoms with Crippen LogP contribution in [0.2, 0.25) is 0 Å². The number of hydrogen-bond acceptors (Lipinski definition) is 4. The lowest BCUT2D eigenvalue weighted by molar-refractivity contribution is -0.0110. The van der Waals surface area contributed by atoms with Gasteiger partial charge in [-0.2, -0.15) is 5.48 Å². The van der Waals surface area contributed by atoms with Crippen molar-refractivity contribution < 1.29 is 14.4 Å². The van der Waals surface area contributed by atoms with Gasteiger partial charge in [0.1, 0.15) is 5.60 Å². The number of amides is 1. The Balaban J connectivity index is 3.57. The Hall–Kier alpha value is -0.810. The zero-order valence-electron chi connectivity index (χ0n) is 10.2. The van der Waals surface area contributed by atoms with Gasteiger partial charge in [0.15, 0.2) is 0 Å². The zero-order chi connectivity index (χ0) is 12.1. The van der Waals surface area contributed by atoms with Crippen molar-refractivity contribution in [1.82, 2.24) is 5.48 Å². The van der Waals surface area contributed by atoms with Crippen LogP contribution in [-0.2, 0) is 9.57 Å². The molecule has 0 radical (unpaired) electrons. The molecule has 0 bridgehead atoms. The van der Waals surface area contributed by atoms with E-state index in [1.807, 2.05) is 13.8 Å². The van der Waals surface area contributed by atoms with Gasteiger partial charge in [0, 0.05) is 5.54 Å². The number of carbonyl (C=O) groups is 1. The Morgan fingerprint density at radius 2 is 1.80 bits per heavy atom. The molecular formula is C10H22N2O3. The number of hydrogen-bond donors (Lipinski definition) is 2. The van der Waals surface area contributed by atoms with Crippen LogP contribution in [0, 0.1) is 0 Å². The SMILES string of the molecule is CC(C)(N)CCONC(=O)OC(C)(C)C. The van der Waals surface area contributed by atoms with E-state index in [0.29, 0.717) is 13.0 Å². The number of hydroxylamine groups is 1. The molecule has 0 saturated heterocycles. The Morgan fingerprint density at radius 1 is 1.27 bits per heavy atom. The Morgan fingerprint density at radius 3 is 2.20 bits per heavy atom. The maximum Gasteiger partial charge on any atom is 0.431 e. The van der Waals surface area contributed by atoms with Crippen LogP contribution in [0.25, 0.3) is 0 Å². The molecule has 3 N–H and O–H groups in total. The number of rotatable bonds is 4. The molecule has 0 aliphatic carbocycles. The van der Waals surface area contributed by atoms with Crippen LogP contribution < -0.4 is 11.2 Å². The van der Waals surface area contributed by atoms with Gasteiger partial charge in [0.2, 0.25) is 0 Å². The third-order valence-electron chi connectivity index (χ3n) is 1.40. The van der Waals surface area contributed by atoms with E-state index in [-0.39, 0.29) is 5.54 Å². The molecule has 0 atom stereocenters. The molecule has 0 saturated carbocycles. The fraction of sp³-hybridized carbons (Fsp3) is 0.900. The van der Waals surface area contributed by atoms with Crippen LogP contribution in [0.15, 0.2) is 0 Å². The molecule has 0 heterocycles. The van der Waals surface area contributed by atoms with Crippen LogP contribution in [0.5, 0.6) is 0 Å². The van der Waals surface area contributed by atoms with E-state index < -0.39 is 11.7 Å². The highest BCUT2D eigenvalue weighted by Gasteiger charge is 2.16. The Labute approximate surface area is 91.3 Å². The monoisotopic (exact) mass is 218 g/mol. The Bertz CT molecular complexity index is 204. The second-order valence-corrected chi connectivity index (χ2v) is 5.19. The fourth-order valence-corrected chi connectivity index (χ4v) is 0.723. The molecule has 90 valence electrons. The predicted molar refractivity (Wildman–Crippen MR) is 58.2 cm³/mol. The first kappa shape index (κ1) is 14.2. The van der Waals surface area contributed by atoms with Crippen molar-refractivity contribution in [1.29, 1.82) is 0 Å². The van der Waals surface area contributed by atoms with Crippen molar-refractivity contribution in [3.05, 3.63) is 0 Å². The maximum absolute atomic E-state index is 11.1. The molecular weight excluding hydrogens is 196 g/mol. The van der Waals surface area contributed by atoms with E-state index in [1.54, 1.807) is 20.8 Å². The molecule has 0 aromatic heterocycles. The minimum Gasteiger partial charge on any atom is -0.442 e. The van der Waals surface area contributed by atoms with Crippen LogP contribution in [0.4, 0.5) is 4.79 Å². The highest BCUT2D eigenvalue weighted by Crippen LogP contribution is 2.06. The van der Waals surface area contributed by atoms with Crippen molar-refractivity contribution >= 4 is 6.09 Å². The lowest BCUT2D eigenvalue weighted by Gasteiger charge is -2.20. The summed E-state index contributed by atoms with van der Waals surface area (Å²) in [4.78, 5) is 16.0. The first-order chi connectivity index (χ1) is 6.60. The smallest absolute Gasteiger partial charge is 0.431 e. The van der Waals surface area contributed by atoms with Gasteiger partial charge in [0.25, 0.3) is 0 Å². The average Bonchev–Trinajstić information content (AvgIpc) is 1.92. The summed E-state index contributed by atoms with van der Waals surface area (Å²) in [6, 6.07) is 0. The minimum atomic E-state index is -0.586. The summed E-state index contributed by atoms with van der Waals surface area (Å²) in [5.74, 6) is 0. The van der Waals surface area contributed by atoms with E-state index in [4.69, 9.17) is 15.3 Å². The second kappa shape index (κ2) is 5.32. The van der Waals surface area contributed by atoms with Gasteiger partial charge in [-0.1, -0.05) is 0 Å². The van der Waals surface area contributed by atoms with E-state index >= 15 is 0 Å². The van der Waals surface area contributed by atoms with Gasteiger partial charge < -0.3 is 10.5 Å². The summed E-state index contributed by atoms with van der Waals surface area (Å²) in [5, 5.41) is 0. The third kappa shape index (κ3) is 11.1. The summed E-state index contributed by atoms with van der Waals surface area (Å²) >= 11 is 0. The van der Waals surface area contributed by atoms with Crippen LogP contribution in [-0.4, -0.2) is 23.8 Å². The molecule has 0 spiro atoms. The molecule has 0 aromatic carbocycles. The number of nitrogens with two attached hydrogens (primary N) is 1. The van der Waals surface area contributed by atoms with Gasteiger partial charge in [0.05, 0.1) is 6.61 Å². The topological polar surface area (TPSA) is 73.6 Å². The lowest BCUT2D eigenvalue weighted by Crippen LogP contribution is -2.36. The van der Waals surface area contributed by atoms with E-state index in [1.165, 1.54) is 0 Å². The van der Waals surface area contributed by atoms with Crippen LogP contribution in [0.3, 0.4) is 0 Å². The molecule has 1 amide bonds. The molecule has 0 aromatic rings. The molecule has 0 fully saturated rings. The average molecular weight is 218 g/mol. The molecule has 5 nitrogen and oxygen atoms in total. The highest BCUT2D eigenvalue weighted by molar-refractivity contribution is 5.66. The lowest BCUT2D eigenvalue weighted by atomic mass is 10.0. The molecule has 0 unspecified atom stereocenters. The normalized spacial score (nSPS) is 12.4. The largest absolute Gasteiger partial charge is 0.442 e. The van der Waals surface area contributed by atoms with Gasteiger partial charge in [-0.15, -0.1) is 0 Å². The quantitative estimate of drug-likeness (QED) is 0.555. The van der Waals surface area contributed by atoms with Gasteiger partial charge >= 0.3 is 6.09 Å². The van der Waals surface area contributed by atoms with Gasteiger partial charge in [-0.3, -0.25) is 4.84 Å². The van der Waals surface area contributed by atoms with Crippen molar-refractivity contribution in [2.75, 3.05) is 6.61 Å². The fourth-order valence-electron chi connectivity index (χ4n) is 0.723. The summed E-state index contributed by atoms with van der Waals surface area (Å²) in [7, 11) is 0. The van der Waals surface area contributed by atoms with Gasteiger partial charge in [-0.25, -0.2) is 4.79 Å². The number of nitrogens with one attached hydrogen (secondary N) is 1. The van der Waals surface area contributed by atoms with E-state index in [2.05, 4.69) is 5.48 Å². The molecule has 5 heteroatoms. The van der Waals surface area contributed by atoms with E-state index in [0.717, 1.165) is 0 Å². The van der Waals surface area contributed by atoms with Crippen LogP contribution >= 0.6 is 0 Å². The summed E-state index contributed by atoms with van der Waals surface area (Å²) in [6.07, 6.45) is 0.0697. The van der Waals surface area contributed by atoms with Crippen LogP contribution in [0.1, 0.15) is 41.0 Å². The van der Waals surface area contributed by atoms with Gasteiger partial charge in [-0.05, 0) is 41.0 Å². The second-order valence-electron chi connectivity index (χ2n) is 5.19. The van der Waals surface area contributed by atoms with Crippen molar-refractivity contribution in [3.63, 3.8) is 0 Å². The molecule has 0 aliphatic heterocycles. The first-order valence-corrected chi connectivity index (χ1v) is 5.00. The van der Waals surface area contributed by atoms with E-state index in [9.17, 15) is 4.79 Å². The highest BCUT2D eigenvalue weighted by atomic mass is 16.7. The Kier molecular flexibility index (Phi) is 5.03. The molecule has 15 heavy (non-hydrogen) atoms. The summed E-state index contributed by atoms with van der Waals surface area (Å²) in [5.41, 5.74) is 7.12. The maximum atomic E-state index is 11.1. The third-order valence-corrected chi connectivity index (χ3v) is 1.40. The molecule has 0 rings (SSSR count). The predicted octanol–water partition coefficient (Wildman–Crippen LogP) is 1.57. The first-order valence-electron chi connectivity index (χ1n) is 5.00. The number of carbonyl (C=O) groups excluding carboxylic acids is 1. The minimum absolute atomic E-state index is 0.296. The zero-order valence-corrected chi connectivity index (χ0v) is 10.2. The summed E-state index contributed by atoms with van der Waals surface area (Å²) < 4.78 is 4.96. The van der Waals surface area contributed by atoms with Crippen molar-refractivity contribution in [2.45, 2.75) is 52.2 Å². The number of ether oxygens (including phenoxy) is 1. The standard InChI is InChI=1S/C10H22N2O3/c1-9(2,3)15-8(13)12-14-7-6-10(4,5)11/h6-7,11H2,1-5H3,(H,12,13).